The highest BCUT2D eigenvalue weighted by Gasteiger charge is 2.35. The Morgan fingerprint density at radius 3 is 2.33 bits per heavy atom. The number of hydrogen-bond acceptors (Lipinski definition) is 3. The zero-order chi connectivity index (χ0) is 13.4. The third-order valence-electron chi connectivity index (χ3n) is 3.31. The Morgan fingerprint density at radius 2 is 1.83 bits per heavy atom. The predicted molar refractivity (Wildman–Crippen MR) is 61.9 cm³/mol. The number of halogens is 3. The monoisotopic (exact) mass is 260 g/mol. The van der Waals surface area contributed by atoms with Crippen LogP contribution in [-0.4, -0.2) is 18.2 Å². The molecule has 0 atom stereocenters. The largest absolute Gasteiger partial charge is 0.416 e. The summed E-state index contributed by atoms with van der Waals surface area (Å²) in [5.41, 5.74) is 4.12. The van der Waals surface area contributed by atoms with Gasteiger partial charge in [-0.05, 0) is 38.1 Å². The maximum absolute atomic E-state index is 12.5. The molecule has 1 aromatic rings. The smallest absolute Gasteiger partial charge is 0.398 e. The Labute approximate surface area is 103 Å². The van der Waals surface area contributed by atoms with Crippen LogP contribution < -0.4 is 11.1 Å². The second-order valence-corrected chi connectivity index (χ2v) is 4.58. The molecular weight excluding hydrogens is 245 g/mol. The lowest BCUT2D eigenvalue weighted by Gasteiger charge is -2.34. The quantitative estimate of drug-likeness (QED) is 0.675. The summed E-state index contributed by atoms with van der Waals surface area (Å²) in [5, 5.41) is 13.5. The first-order valence-electron chi connectivity index (χ1n) is 5.73. The van der Waals surface area contributed by atoms with Gasteiger partial charge in [0.05, 0.1) is 11.2 Å². The van der Waals surface area contributed by atoms with E-state index in [1.165, 1.54) is 6.07 Å². The van der Waals surface area contributed by atoms with Crippen LogP contribution in [0.1, 0.15) is 24.0 Å². The van der Waals surface area contributed by atoms with Crippen molar-refractivity contribution in [3.05, 3.63) is 29.3 Å². The molecule has 1 aromatic carbocycles. The minimum absolute atomic E-state index is 0.00535. The van der Waals surface area contributed by atoms with Gasteiger partial charge in [0.25, 0.3) is 0 Å². The van der Waals surface area contributed by atoms with Crippen LogP contribution in [0.25, 0.3) is 0 Å². The molecule has 100 valence electrons. The summed E-state index contributed by atoms with van der Waals surface area (Å²) >= 11 is 0. The molecule has 0 bridgehead atoms. The summed E-state index contributed by atoms with van der Waals surface area (Å²) in [7, 11) is 0. The number of benzene rings is 1. The number of hydrogen-bond donors (Lipinski definition) is 3. The van der Waals surface area contributed by atoms with E-state index >= 15 is 0 Å². The second kappa shape index (κ2) is 4.44. The Morgan fingerprint density at radius 1 is 1.22 bits per heavy atom. The molecule has 0 aliphatic carbocycles. The minimum atomic E-state index is -4.41. The molecule has 6 heteroatoms. The van der Waals surface area contributed by atoms with Gasteiger partial charge in [-0.15, -0.1) is 0 Å². The molecule has 18 heavy (non-hydrogen) atoms. The average molecular weight is 260 g/mol. The lowest BCUT2D eigenvalue weighted by molar-refractivity contribution is -0.137. The van der Waals surface area contributed by atoms with E-state index in [1.54, 1.807) is 0 Å². The fraction of sp³-hybridized carbons (Fsp3) is 0.500. The standard InChI is InChI=1S/C12H15F3N2O/c13-12(14,15)8-1-2-9(10(16)7-8)11(18)3-5-17-6-4-11/h1-2,7,17-18H,3-6,16H2. The number of nitrogens with two attached hydrogens (primary N) is 1. The molecule has 1 heterocycles. The molecule has 2 rings (SSSR count). The normalized spacial score (nSPS) is 19.8. The predicted octanol–water partition coefficient (Wildman–Crippen LogP) is 1.86. The fourth-order valence-electron chi connectivity index (χ4n) is 2.27. The number of aliphatic hydroxyl groups is 1. The van der Waals surface area contributed by atoms with Gasteiger partial charge < -0.3 is 16.2 Å². The molecule has 0 aromatic heterocycles. The molecule has 0 saturated carbocycles. The molecule has 0 unspecified atom stereocenters. The highest BCUT2D eigenvalue weighted by Crippen LogP contribution is 2.37. The van der Waals surface area contributed by atoms with Crippen LogP contribution in [0.3, 0.4) is 0 Å². The Hall–Kier alpha value is -1.27. The topological polar surface area (TPSA) is 58.3 Å². The number of anilines is 1. The third kappa shape index (κ3) is 2.44. The van der Waals surface area contributed by atoms with Crippen molar-refractivity contribution in [1.29, 1.82) is 0 Å². The fourth-order valence-corrected chi connectivity index (χ4v) is 2.27. The molecule has 1 fully saturated rings. The number of alkyl halides is 3. The van der Waals surface area contributed by atoms with E-state index in [0.29, 0.717) is 31.5 Å². The Bertz CT molecular complexity index is 439. The maximum Gasteiger partial charge on any atom is 0.416 e. The van der Waals surface area contributed by atoms with Crippen molar-refractivity contribution in [2.24, 2.45) is 0 Å². The zero-order valence-electron chi connectivity index (χ0n) is 9.72. The zero-order valence-corrected chi connectivity index (χ0v) is 9.72. The summed E-state index contributed by atoms with van der Waals surface area (Å²) in [6.07, 6.45) is -3.52. The number of nitrogens with one attached hydrogen (secondary N) is 1. The van der Waals surface area contributed by atoms with Crippen molar-refractivity contribution in [3.63, 3.8) is 0 Å². The van der Waals surface area contributed by atoms with Gasteiger partial charge in [0, 0.05) is 11.3 Å². The summed E-state index contributed by atoms with van der Waals surface area (Å²) in [5.74, 6) is 0. The van der Waals surface area contributed by atoms with Gasteiger partial charge in [-0.2, -0.15) is 13.2 Å². The second-order valence-electron chi connectivity index (χ2n) is 4.58. The van der Waals surface area contributed by atoms with E-state index in [4.69, 9.17) is 5.73 Å². The van der Waals surface area contributed by atoms with Crippen LogP contribution in [0, 0.1) is 0 Å². The first kappa shape index (κ1) is 13.2. The van der Waals surface area contributed by atoms with Crippen LogP contribution in [0.2, 0.25) is 0 Å². The van der Waals surface area contributed by atoms with Gasteiger partial charge in [-0.3, -0.25) is 0 Å². The van der Waals surface area contributed by atoms with Crippen molar-refractivity contribution in [3.8, 4) is 0 Å². The molecule has 3 nitrogen and oxygen atoms in total. The van der Waals surface area contributed by atoms with Gasteiger partial charge in [0.1, 0.15) is 0 Å². The van der Waals surface area contributed by atoms with Gasteiger partial charge in [0.15, 0.2) is 0 Å². The lowest BCUT2D eigenvalue weighted by Crippen LogP contribution is -2.40. The third-order valence-corrected chi connectivity index (χ3v) is 3.31. The van der Waals surface area contributed by atoms with Crippen molar-refractivity contribution < 1.29 is 18.3 Å². The number of rotatable bonds is 1. The summed E-state index contributed by atoms with van der Waals surface area (Å²) in [4.78, 5) is 0. The molecule has 1 saturated heterocycles. The van der Waals surface area contributed by atoms with Crippen molar-refractivity contribution in [1.82, 2.24) is 5.32 Å². The molecule has 0 amide bonds. The molecule has 1 aliphatic rings. The van der Waals surface area contributed by atoms with Crippen LogP contribution in [0.4, 0.5) is 18.9 Å². The molecule has 4 N–H and O–H groups in total. The summed E-state index contributed by atoms with van der Waals surface area (Å²) in [6.45, 7) is 1.24. The van der Waals surface area contributed by atoms with Crippen molar-refractivity contribution in [2.45, 2.75) is 24.6 Å². The molecular formula is C12H15F3N2O. The molecule has 1 aliphatic heterocycles. The van der Waals surface area contributed by atoms with E-state index in [9.17, 15) is 18.3 Å². The van der Waals surface area contributed by atoms with E-state index in [-0.39, 0.29) is 5.69 Å². The first-order chi connectivity index (χ1) is 8.33. The average Bonchev–Trinajstić information content (AvgIpc) is 2.28. The van der Waals surface area contributed by atoms with E-state index < -0.39 is 17.3 Å². The minimum Gasteiger partial charge on any atom is -0.398 e. The van der Waals surface area contributed by atoms with E-state index in [1.807, 2.05) is 0 Å². The van der Waals surface area contributed by atoms with Crippen LogP contribution in [0.15, 0.2) is 18.2 Å². The lowest BCUT2D eigenvalue weighted by atomic mass is 9.84. The number of piperidine rings is 1. The SMILES string of the molecule is Nc1cc(C(F)(F)F)ccc1C1(O)CCNCC1. The van der Waals surface area contributed by atoms with Crippen molar-refractivity contribution in [2.75, 3.05) is 18.8 Å². The summed E-state index contributed by atoms with van der Waals surface area (Å²) < 4.78 is 37.5. The van der Waals surface area contributed by atoms with Gasteiger partial charge in [-0.1, -0.05) is 6.07 Å². The van der Waals surface area contributed by atoms with Crippen LogP contribution in [0.5, 0.6) is 0 Å². The summed E-state index contributed by atoms with van der Waals surface area (Å²) in [6, 6.07) is 3.13. The van der Waals surface area contributed by atoms with E-state index in [2.05, 4.69) is 5.32 Å². The highest BCUT2D eigenvalue weighted by molar-refractivity contribution is 5.52. The van der Waals surface area contributed by atoms with Crippen LogP contribution in [-0.2, 0) is 11.8 Å². The van der Waals surface area contributed by atoms with Crippen molar-refractivity contribution >= 4 is 5.69 Å². The molecule has 0 spiro atoms. The van der Waals surface area contributed by atoms with Gasteiger partial charge in [-0.25, -0.2) is 0 Å². The Kier molecular flexibility index (Phi) is 3.25. The van der Waals surface area contributed by atoms with Gasteiger partial charge in [0.2, 0.25) is 0 Å². The first-order valence-corrected chi connectivity index (χ1v) is 5.73. The maximum atomic E-state index is 12.5. The molecule has 0 radical (unpaired) electrons. The highest BCUT2D eigenvalue weighted by atomic mass is 19.4. The van der Waals surface area contributed by atoms with Crippen LogP contribution >= 0.6 is 0 Å². The van der Waals surface area contributed by atoms with E-state index in [0.717, 1.165) is 12.1 Å². The van der Waals surface area contributed by atoms with Gasteiger partial charge >= 0.3 is 6.18 Å². The Balaban J connectivity index is 2.35. The number of nitrogen functional groups attached to an aromatic ring is 1.